The number of azo groups is 1. The molecule has 0 unspecified atom stereocenters. The van der Waals surface area contributed by atoms with Gasteiger partial charge in [0.25, 0.3) is 5.95 Å². The predicted octanol–water partition coefficient (Wildman–Crippen LogP) is -0.143. The highest BCUT2D eigenvalue weighted by Gasteiger charge is 1.85. The summed E-state index contributed by atoms with van der Waals surface area (Å²) in [6, 6.07) is 0. The van der Waals surface area contributed by atoms with E-state index in [0.29, 0.717) is 0 Å². The lowest BCUT2D eigenvalue weighted by Crippen LogP contribution is -1.81. The maximum absolute atomic E-state index is 4.76. The van der Waals surface area contributed by atoms with Crippen LogP contribution in [-0.4, -0.2) is 21.3 Å². The van der Waals surface area contributed by atoms with E-state index < -0.39 is 0 Å². The van der Waals surface area contributed by atoms with Crippen LogP contribution in [0.15, 0.2) is 28.0 Å². The van der Waals surface area contributed by atoms with E-state index in [1.807, 2.05) is 0 Å². The quantitative estimate of drug-likeness (QED) is 0.209. The highest BCUT2D eigenvalue weighted by atomic mass is 15.2. The van der Waals surface area contributed by atoms with E-state index in [1.165, 1.54) is 12.7 Å². The van der Waals surface area contributed by atoms with Crippen molar-refractivity contribution in [3.8, 4) is 0 Å². The lowest BCUT2D eigenvalue weighted by molar-refractivity contribution is 1.01. The Morgan fingerprint density at radius 1 is 1.36 bits per heavy atom. The minimum Gasteiger partial charge on any atom is -0.322 e. The third-order valence-corrected chi connectivity index (χ3v) is 0.745. The molecule has 0 aromatic carbocycles. The number of aromatic nitrogens is 3. The van der Waals surface area contributed by atoms with E-state index in [-0.39, 0.29) is 5.95 Å². The molecular formula is C4H5N7. The molecule has 0 radical (unpaired) electrons. The molecule has 7 nitrogen and oxygen atoms in total. The summed E-state index contributed by atoms with van der Waals surface area (Å²) in [5.74, 6) is 4.98. The van der Waals surface area contributed by atoms with Gasteiger partial charge in [-0.25, -0.2) is 4.98 Å². The lowest BCUT2D eigenvalue weighted by atomic mass is 11.0. The van der Waals surface area contributed by atoms with Crippen molar-refractivity contribution in [2.75, 3.05) is 0 Å². The van der Waals surface area contributed by atoms with E-state index in [9.17, 15) is 0 Å². The Hall–Kier alpha value is -1.92. The fourth-order valence-electron chi connectivity index (χ4n) is 0.392. The molecule has 1 aromatic heterocycles. The van der Waals surface area contributed by atoms with Gasteiger partial charge in [0, 0.05) is 0 Å². The first-order valence-electron chi connectivity index (χ1n) is 2.68. The van der Waals surface area contributed by atoms with E-state index in [1.54, 1.807) is 0 Å². The van der Waals surface area contributed by atoms with Crippen LogP contribution in [0.3, 0.4) is 0 Å². The van der Waals surface area contributed by atoms with Gasteiger partial charge in [-0.15, -0.1) is 10.2 Å². The molecule has 0 aliphatic carbocycles. The van der Waals surface area contributed by atoms with Crippen molar-refractivity contribution in [2.45, 2.75) is 0 Å². The summed E-state index contributed by atoms with van der Waals surface area (Å²) < 4.78 is 0. The Morgan fingerprint density at radius 3 is 2.73 bits per heavy atom. The minimum atomic E-state index is 0.222. The first kappa shape index (κ1) is 7.19. The normalized spacial score (nSPS) is 11.3. The molecule has 0 aliphatic rings. The maximum atomic E-state index is 4.76. The van der Waals surface area contributed by atoms with E-state index in [0.717, 1.165) is 6.34 Å². The van der Waals surface area contributed by atoms with Crippen molar-refractivity contribution >= 4 is 12.3 Å². The molecule has 7 heteroatoms. The summed E-state index contributed by atoms with van der Waals surface area (Å²) in [7, 11) is 0. The van der Waals surface area contributed by atoms with E-state index in [4.69, 9.17) is 5.84 Å². The average Bonchev–Trinajstić information content (AvgIpc) is 2.07. The summed E-state index contributed by atoms with van der Waals surface area (Å²) in [4.78, 5) is 10.9. The number of rotatable bonds is 2. The molecule has 11 heavy (non-hydrogen) atoms. The van der Waals surface area contributed by atoms with Gasteiger partial charge in [-0.3, -0.25) is 0 Å². The maximum Gasteiger partial charge on any atom is 0.271 e. The molecular weight excluding hydrogens is 146 g/mol. The van der Waals surface area contributed by atoms with Crippen LogP contribution in [0.4, 0.5) is 5.95 Å². The second-order valence-electron chi connectivity index (χ2n) is 1.42. The zero-order valence-corrected chi connectivity index (χ0v) is 5.49. The average molecular weight is 151 g/mol. The standard InChI is InChI=1S/C4H5N7/c5-9-3-10-11-4-7-1-6-2-8-4/h1-3H,5H2. The molecule has 0 saturated carbocycles. The highest BCUT2D eigenvalue weighted by molar-refractivity contribution is 5.54. The summed E-state index contributed by atoms with van der Waals surface area (Å²) in [6.07, 6.45) is 3.73. The highest BCUT2D eigenvalue weighted by Crippen LogP contribution is 1.96. The molecule has 0 saturated heterocycles. The number of hydrazone groups is 1. The van der Waals surface area contributed by atoms with Gasteiger partial charge in [0.2, 0.25) is 0 Å². The molecule has 1 aromatic rings. The van der Waals surface area contributed by atoms with Gasteiger partial charge >= 0.3 is 0 Å². The Bertz CT molecular complexity index is 252. The van der Waals surface area contributed by atoms with Crippen molar-refractivity contribution < 1.29 is 0 Å². The smallest absolute Gasteiger partial charge is 0.271 e. The largest absolute Gasteiger partial charge is 0.322 e. The van der Waals surface area contributed by atoms with Crippen molar-refractivity contribution in [1.82, 2.24) is 15.0 Å². The molecule has 2 N–H and O–H groups in total. The van der Waals surface area contributed by atoms with Gasteiger partial charge in [-0.1, -0.05) is 0 Å². The van der Waals surface area contributed by atoms with Crippen LogP contribution in [0, 0.1) is 0 Å². The van der Waals surface area contributed by atoms with Gasteiger partial charge in [0.05, 0.1) is 0 Å². The zero-order chi connectivity index (χ0) is 7.94. The van der Waals surface area contributed by atoms with Crippen LogP contribution >= 0.6 is 0 Å². The molecule has 1 heterocycles. The van der Waals surface area contributed by atoms with Gasteiger partial charge < -0.3 is 5.84 Å². The molecule has 0 atom stereocenters. The van der Waals surface area contributed by atoms with Crippen LogP contribution in [0.25, 0.3) is 0 Å². The molecule has 0 aliphatic heterocycles. The number of nitrogens with zero attached hydrogens (tertiary/aromatic N) is 6. The van der Waals surface area contributed by atoms with Crippen LogP contribution in [0.1, 0.15) is 0 Å². The zero-order valence-electron chi connectivity index (χ0n) is 5.49. The topological polar surface area (TPSA) is 102 Å². The van der Waals surface area contributed by atoms with Gasteiger partial charge in [-0.05, 0) is 0 Å². The number of nitrogens with two attached hydrogens (primary N) is 1. The Morgan fingerprint density at radius 2 is 2.09 bits per heavy atom. The predicted molar refractivity (Wildman–Crippen MR) is 37.0 cm³/mol. The van der Waals surface area contributed by atoms with Crippen LogP contribution in [0.2, 0.25) is 0 Å². The molecule has 1 rings (SSSR count). The van der Waals surface area contributed by atoms with Crippen LogP contribution in [-0.2, 0) is 0 Å². The summed E-state index contributed by atoms with van der Waals surface area (Å²) in [5.41, 5.74) is 0. The van der Waals surface area contributed by atoms with Gasteiger partial charge in [-0.2, -0.15) is 15.1 Å². The molecule has 56 valence electrons. The van der Waals surface area contributed by atoms with Gasteiger partial charge in [0.15, 0.2) is 6.34 Å². The van der Waals surface area contributed by atoms with Crippen LogP contribution in [0.5, 0.6) is 0 Å². The minimum absolute atomic E-state index is 0.222. The second kappa shape index (κ2) is 3.99. The monoisotopic (exact) mass is 151 g/mol. The molecule has 0 fully saturated rings. The molecule has 0 amide bonds. The number of hydrogen-bond acceptors (Lipinski definition) is 6. The summed E-state index contributed by atoms with van der Waals surface area (Å²) in [5, 5.41) is 10.0. The fourth-order valence-corrected chi connectivity index (χ4v) is 0.392. The van der Waals surface area contributed by atoms with E-state index >= 15 is 0 Å². The number of hydrogen-bond donors (Lipinski definition) is 1. The Kier molecular flexibility index (Phi) is 2.61. The Balaban J connectivity index is 2.64. The van der Waals surface area contributed by atoms with Crippen molar-refractivity contribution in [3.05, 3.63) is 12.7 Å². The summed E-state index contributed by atoms with van der Waals surface area (Å²) in [6.45, 7) is 0. The van der Waals surface area contributed by atoms with Crippen molar-refractivity contribution in [1.29, 1.82) is 0 Å². The Labute approximate surface area is 62.1 Å². The SMILES string of the molecule is NN=CN=Nc1ncncn1. The third-order valence-electron chi connectivity index (χ3n) is 0.745. The fraction of sp³-hybridized carbons (Fsp3) is 0. The summed E-state index contributed by atoms with van der Waals surface area (Å²) >= 11 is 0. The van der Waals surface area contributed by atoms with E-state index in [2.05, 4.69) is 30.3 Å². The lowest BCUT2D eigenvalue weighted by Gasteiger charge is -1.83. The van der Waals surface area contributed by atoms with Crippen LogP contribution < -0.4 is 5.84 Å². The van der Waals surface area contributed by atoms with Crippen molar-refractivity contribution in [2.24, 2.45) is 21.2 Å². The third kappa shape index (κ3) is 2.43. The second-order valence-corrected chi connectivity index (χ2v) is 1.42. The first-order chi connectivity index (χ1) is 5.43. The molecule has 0 bridgehead atoms. The van der Waals surface area contributed by atoms with Gasteiger partial charge in [0.1, 0.15) is 12.7 Å². The first-order valence-corrected chi connectivity index (χ1v) is 2.68. The molecule has 0 spiro atoms. The van der Waals surface area contributed by atoms with Crippen molar-refractivity contribution in [3.63, 3.8) is 0 Å².